The minimum absolute atomic E-state index is 0.276. The third-order valence-corrected chi connectivity index (χ3v) is 2.92. The van der Waals surface area contributed by atoms with Gasteiger partial charge in [0.15, 0.2) is 0 Å². The first-order chi connectivity index (χ1) is 8.60. The molecule has 0 atom stereocenters. The van der Waals surface area contributed by atoms with E-state index in [-0.39, 0.29) is 5.92 Å². The van der Waals surface area contributed by atoms with Crippen LogP contribution in [0.1, 0.15) is 34.6 Å². The summed E-state index contributed by atoms with van der Waals surface area (Å²) in [7, 11) is -3.59. The molecule has 0 aromatic rings. The Balaban J connectivity index is 4.51. The SMILES string of the molecule is CCOO[Si](OCC(C)C)(OOCC)OOCC. The van der Waals surface area contributed by atoms with Gasteiger partial charge in [0.05, 0.1) is 19.8 Å². The van der Waals surface area contributed by atoms with Crippen molar-refractivity contribution in [2.75, 3.05) is 26.4 Å². The molecule has 0 aliphatic heterocycles. The maximum Gasteiger partial charge on any atom is 0.764 e. The van der Waals surface area contributed by atoms with Crippen molar-refractivity contribution in [2.45, 2.75) is 34.6 Å². The molecule has 18 heavy (non-hydrogen) atoms. The van der Waals surface area contributed by atoms with Crippen molar-refractivity contribution in [2.24, 2.45) is 5.92 Å². The highest BCUT2D eigenvalue weighted by atomic mass is 28.4. The van der Waals surface area contributed by atoms with E-state index in [1.807, 2.05) is 13.8 Å². The van der Waals surface area contributed by atoms with Gasteiger partial charge in [-0.2, -0.15) is 13.7 Å². The van der Waals surface area contributed by atoms with Crippen molar-refractivity contribution < 1.29 is 32.8 Å². The monoisotopic (exact) mass is 284 g/mol. The van der Waals surface area contributed by atoms with E-state index in [1.165, 1.54) is 0 Å². The molecular formula is C10H24O7Si. The minimum Gasteiger partial charge on any atom is -0.347 e. The Bertz CT molecular complexity index is 169. The molecule has 8 heteroatoms. The van der Waals surface area contributed by atoms with Crippen molar-refractivity contribution in [3.8, 4) is 0 Å². The molecule has 0 aromatic carbocycles. The summed E-state index contributed by atoms with van der Waals surface area (Å²) in [6.45, 7) is 10.6. The lowest BCUT2D eigenvalue weighted by Crippen LogP contribution is -2.50. The first-order valence-electron chi connectivity index (χ1n) is 6.16. The second kappa shape index (κ2) is 10.8. The molecule has 0 radical (unpaired) electrons. The van der Waals surface area contributed by atoms with Crippen LogP contribution in [0.2, 0.25) is 0 Å². The van der Waals surface area contributed by atoms with Crippen molar-refractivity contribution in [3.05, 3.63) is 0 Å². The van der Waals surface area contributed by atoms with Crippen molar-refractivity contribution in [3.63, 3.8) is 0 Å². The third-order valence-electron chi connectivity index (χ3n) is 1.43. The van der Waals surface area contributed by atoms with Gasteiger partial charge in [0.25, 0.3) is 0 Å². The summed E-state index contributed by atoms with van der Waals surface area (Å²) in [4.78, 5) is 14.6. The van der Waals surface area contributed by atoms with Gasteiger partial charge in [-0.15, -0.1) is 0 Å². The Morgan fingerprint density at radius 3 is 1.44 bits per heavy atom. The van der Waals surface area contributed by atoms with E-state index in [1.54, 1.807) is 20.8 Å². The predicted octanol–water partition coefficient (Wildman–Crippen LogP) is 2.00. The minimum atomic E-state index is -3.59. The summed E-state index contributed by atoms with van der Waals surface area (Å²) in [6, 6.07) is 0. The number of hydrogen-bond donors (Lipinski definition) is 0. The van der Waals surface area contributed by atoms with Crippen LogP contribution >= 0.6 is 0 Å². The van der Waals surface area contributed by atoms with E-state index in [4.69, 9.17) is 32.8 Å². The van der Waals surface area contributed by atoms with Gasteiger partial charge in [-0.3, -0.25) is 0 Å². The van der Waals surface area contributed by atoms with E-state index in [0.29, 0.717) is 26.4 Å². The van der Waals surface area contributed by atoms with Crippen LogP contribution in [0, 0.1) is 5.92 Å². The summed E-state index contributed by atoms with van der Waals surface area (Å²) in [5.74, 6) is 0.276. The maximum absolute atomic E-state index is 5.49. The molecule has 0 amide bonds. The van der Waals surface area contributed by atoms with Gasteiger partial charge in [-0.05, 0) is 26.7 Å². The van der Waals surface area contributed by atoms with Crippen molar-refractivity contribution >= 4 is 9.05 Å². The molecule has 0 rings (SSSR count). The molecule has 7 nitrogen and oxygen atoms in total. The molecular weight excluding hydrogens is 260 g/mol. The second-order valence-corrected chi connectivity index (χ2v) is 5.46. The normalized spacial score (nSPS) is 12.3. The summed E-state index contributed by atoms with van der Waals surface area (Å²) >= 11 is 0. The topological polar surface area (TPSA) is 64.6 Å². The second-order valence-electron chi connectivity index (χ2n) is 3.67. The van der Waals surface area contributed by atoms with Gasteiger partial charge in [-0.25, -0.2) is 14.7 Å². The van der Waals surface area contributed by atoms with Crippen molar-refractivity contribution in [1.29, 1.82) is 0 Å². The number of hydrogen-bond acceptors (Lipinski definition) is 7. The Morgan fingerprint density at radius 1 is 0.778 bits per heavy atom. The summed E-state index contributed by atoms with van der Waals surface area (Å²) in [6.07, 6.45) is 0. The van der Waals surface area contributed by atoms with E-state index < -0.39 is 9.05 Å². The van der Waals surface area contributed by atoms with Crippen LogP contribution in [-0.2, 0) is 32.8 Å². The van der Waals surface area contributed by atoms with Crippen LogP contribution in [0.5, 0.6) is 0 Å². The van der Waals surface area contributed by atoms with Crippen LogP contribution < -0.4 is 0 Å². The first kappa shape index (κ1) is 17.9. The summed E-state index contributed by atoms with van der Waals surface area (Å²) < 4.78 is 20.7. The lowest BCUT2D eigenvalue weighted by atomic mass is 10.2. The van der Waals surface area contributed by atoms with Crippen LogP contribution in [0.4, 0.5) is 0 Å². The van der Waals surface area contributed by atoms with Crippen LogP contribution in [0.15, 0.2) is 0 Å². The molecule has 0 aliphatic rings. The van der Waals surface area contributed by atoms with Gasteiger partial charge in [0, 0.05) is 6.61 Å². The average molecular weight is 284 g/mol. The van der Waals surface area contributed by atoms with Gasteiger partial charge in [0.1, 0.15) is 0 Å². The lowest BCUT2D eigenvalue weighted by Gasteiger charge is -2.24. The molecule has 0 N–H and O–H groups in total. The molecule has 0 saturated heterocycles. The van der Waals surface area contributed by atoms with E-state index in [9.17, 15) is 0 Å². The highest BCUT2D eigenvalue weighted by Crippen LogP contribution is 2.15. The predicted molar refractivity (Wildman–Crippen MR) is 64.7 cm³/mol. The Hall–Kier alpha value is -0.0631. The third kappa shape index (κ3) is 8.11. The first-order valence-corrected chi connectivity index (χ1v) is 7.79. The maximum atomic E-state index is 5.49. The van der Waals surface area contributed by atoms with Crippen molar-refractivity contribution in [1.82, 2.24) is 0 Å². The molecule has 0 spiro atoms. The van der Waals surface area contributed by atoms with E-state index >= 15 is 0 Å². The lowest BCUT2D eigenvalue weighted by molar-refractivity contribution is -0.386. The fourth-order valence-corrected chi connectivity index (χ4v) is 2.33. The quantitative estimate of drug-likeness (QED) is 0.308. The molecule has 0 aliphatic carbocycles. The van der Waals surface area contributed by atoms with Crippen LogP contribution in [-0.4, -0.2) is 35.5 Å². The zero-order chi connectivity index (χ0) is 13.9. The largest absolute Gasteiger partial charge is 0.764 e. The standard InChI is InChI=1S/C10H24O7Si/c1-6-11-15-18(16-12-7-2,17-13-8-3)14-9-10(4)5/h10H,6-9H2,1-5H3. The Kier molecular flexibility index (Phi) is 10.8. The molecule has 110 valence electrons. The zero-order valence-electron chi connectivity index (χ0n) is 11.8. The highest BCUT2D eigenvalue weighted by molar-refractivity contribution is 6.52. The molecule has 0 fully saturated rings. The molecule has 0 bridgehead atoms. The Labute approximate surface area is 109 Å². The van der Waals surface area contributed by atoms with Crippen LogP contribution in [0.25, 0.3) is 0 Å². The average Bonchev–Trinajstić information content (AvgIpc) is 2.37. The molecule has 0 saturated carbocycles. The van der Waals surface area contributed by atoms with Gasteiger partial charge in [0.2, 0.25) is 0 Å². The highest BCUT2D eigenvalue weighted by Gasteiger charge is 2.52. The number of rotatable bonds is 12. The fourth-order valence-electron chi connectivity index (χ4n) is 0.776. The fraction of sp³-hybridized carbons (Fsp3) is 1.00. The van der Waals surface area contributed by atoms with Gasteiger partial charge < -0.3 is 4.43 Å². The summed E-state index contributed by atoms with van der Waals surface area (Å²) in [5, 5.41) is 0. The zero-order valence-corrected chi connectivity index (χ0v) is 12.8. The summed E-state index contributed by atoms with van der Waals surface area (Å²) in [5.41, 5.74) is 0. The molecule has 0 aromatic heterocycles. The van der Waals surface area contributed by atoms with Gasteiger partial charge >= 0.3 is 9.05 Å². The molecule has 0 heterocycles. The van der Waals surface area contributed by atoms with E-state index in [0.717, 1.165) is 0 Å². The van der Waals surface area contributed by atoms with Crippen LogP contribution in [0.3, 0.4) is 0 Å². The van der Waals surface area contributed by atoms with E-state index in [2.05, 4.69) is 0 Å². The Morgan fingerprint density at radius 2 is 1.17 bits per heavy atom. The smallest absolute Gasteiger partial charge is 0.347 e. The molecule has 0 unspecified atom stereocenters. The van der Waals surface area contributed by atoms with Gasteiger partial charge in [-0.1, -0.05) is 13.8 Å².